The largest absolute Gasteiger partial charge is 0.454 e. The lowest BCUT2D eigenvalue weighted by Crippen LogP contribution is -2.17. The SMILES string of the molecule is [2H]c1cc2c(c([2H])c1CC1COCC1Cc1c([2H])cc3c(c1[2H])OCO3)OCO2. The summed E-state index contributed by atoms with van der Waals surface area (Å²) < 4.78 is 60.5. The quantitative estimate of drug-likeness (QED) is 0.852. The van der Waals surface area contributed by atoms with Gasteiger partial charge in [-0.2, -0.15) is 0 Å². The number of hydrogen-bond donors (Lipinski definition) is 0. The van der Waals surface area contributed by atoms with E-state index in [1.165, 1.54) is 0 Å². The molecular weight excluding hydrogens is 320 g/mol. The molecule has 1 fully saturated rings. The number of fused-ring (bicyclic) bond motifs is 2. The zero-order chi connectivity index (χ0) is 20.1. The van der Waals surface area contributed by atoms with E-state index in [0.717, 1.165) is 0 Å². The van der Waals surface area contributed by atoms with E-state index in [-0.39, 0.29) is 49.6 Å². The van der Waals surface area contributed by atoms with Crippen LogP contribution in [0, 0.1) is 11.8 Å². The van der Waals surface area contributed by atoms with Crippen LogP contribution in [0.5, 0.6) is 23.0 Å². The van der Waals surface area contributed by atoms with Gasteiger partial charge in [-0.3, -0.25) is 0 Å². The van der Waals surface area contributed by atoms with Gasteiger partial charge in [0.05, 0.1) is 18.7 Å². The Morgan fingerprint density at radius 3 is 1.76 bits per heavy atom. The van der Waals surface area contributed by atoms with E-state index >= 15 is 0 Å². The van der Waals surface area contributed by atoms with Crippen molar-refractivity contribution < 1.29 is 29.2 Å². The van der Waals surface area contributed by atoms with E-state index < -0.39 is 0 Å². The maximum absolute atomic E-state index is 8.41. The molecular formula is C20H20O5. The molecule has 0 spiro atoms. The second kappa shape index (κ2) is 6.15. The lowest BCUT2D eigenvalue weighted by Gasteiger charge is -2.18. The van der Waals surface area contributed by atoms with Gasteiger partial charge in [0.15, 0.2) is 23.0 Å². The summed E-state index contributed by atoms with van der Waals surface area (Å²) in [6.45, 7) is 1.18. The van der Waals surface area contributed by atoms with E-state index in [4.69, 9.17) is 29.2 Å². The summed E-state index contributed by atoms with van der Waals surface area (Å²) in [6, 6.07) is 4.11. The molecule has 0 aromatic heterocycles. The van der Waals surface area contributed by atoms with Crippen molar-refractivity contribution in [1.29, 1.82) is 0 Å². The van der Waals surface area contributed by atoms with E-state index in [0.29, 0.717) is 60.2 Å². The van der Waals surface area contributed by atoms with Gasteiger partial charge in [0.1, 0.15) is 0 Å². The van der Waals surface area contributed by atoms with Gasteiger partial charge in [0.2, 0.25) is 13.6 Å². The van der Waals surface area contributed by atoms with E-state index in [1.54, 1.807) is 12.1 Å². The first-order valence-electron chi connectivity index (χ1n) is 10.4. The third kappa shape index (κ3) is 2.89. The first-order chi connectivity index (χ1) is 14.0. The maximum atomic E-state index is 8.41. The van der Waals surface area contributed by atoms with Gasteiger partial charge in [-0.25, -0.2) is 0 Å². The monoisotopic (exact) mass is 344 g/mol. The van der Waals surface area contributed by atoms with Crippen LogP contribution in [0.25, 0.3) is 0 Å². The van der Waals surface area contributed by atoms with Crippen molar-refractivity contribution in [2.24, 2.45) is 11.8 Å². The normalized spacial score (nSPS) is 25.4. The second-order valence-electron chi connectivity index (χ2n) is 6.45. The van der Waals surface area contributed by atoms with Crippen LogP contribution in [0.2, 0.25) is 0 Å². The predicted molar refractivity (Wildman–Crippen MR) is 90.3 cm³/mol. The highest BCUT2D eigenvalue weighted by atomic mass is 16.7. The summed E-state index contributed by atoms with van der Waals surface area (Å²) in [5.74, 6) is 1.83. The van der Waals surface area contributed by atoms with Crippen LogP contribution < -0.4 is 18.9 Å². The van der Waals surface area contributed by atoms with Gasteiger partial charge in [0.25, 0.3) is 0 Å². The maximum Gasteiger partial charge on any atom is 0.231 e. The molecule has 5 heteroatoms. The number of ether oxygens (including phenoxy) is 5. The zero-order valence-electron chi connectivity index (χ0n) is 17.6. The topological polar surface area (TPSA) is 46.2 Å². The van der Waals surface area contributed by atoms with Crippen LogP contribution in [0.4, 0.5) is 0 Å². The molecule has 2 aromatic carbocycles. The van der Waals surface area contributed by atoms with Gasteiger partial charge in [-0.1, -0.05) is 12.1 Å². The van der Waals surface area contributed by atoms with Crippen LogP contribution in [0.15, 0.2) is 36.3 Å². The van der Waals surface area contributed by atoms with Gasteiger partial charge in [-0.05, 0) is 60.0 Å². The van der Waals surface area contributed by atoms with Crippen molar-refractivity contribution in [2.75, 3.05) is 26.8 Å². The van der Waals surface area contributed by atoms with Gasteiger partial charge in [0, 0.05) is 0 Å². The molecule has 0 saturated carbocycles. The van der Waals surface area contributed by atoms with E-state index in [2.05, 4.69) is 0 Å². The minimum atomic E-state index is 0.0714. The summed E-state index contributed by atoms with van der Waals surface area (Å²) in [4.78, 5) is 0. The van der Waals surface area contributed by atoms with Crippen molar-refractivity contribution in [3.8, 4) is 23.0 Å². The predicted octanol–water partition coefficient (Wildman–Crippen LogP) is 3.19. The fourth-order valence-electron chi connectivity index (χ4n) is 3.48. The van der Waals surface area contributed by atoms with Crippen molar-refractivity contribution in [3.05, 3.63) is 47.4 Å². The molecule has 3 heterocycles. The van der Waals surface area contributed by atoms with Crippen LogP contribution >= 0.6 is 0 Å². The molecule has 2 unspecified atom stereocenters. The first-order valence-corrected chi connectivity index (χ1v) is 8.38. The molecule has 3 aliphatic heterocycles. The molecule has 0 amide bonds. The van der Waals surface area contributed by atoms with Crippen LogP contribution in [-0.4, -0.2) is 26.8 Å². The molecule has 2 aromatic rings. The summed E-state index contributed by atoms with van der Waals surface area (Å²) in [5, 5.41) is 0. The third-order valence-corrected chi connectivity index (χ3v) is 4.83. The van der Waals surface area contributed by atoms with Gasteiger partial charge >= 0.3 is 0 Å². The molecule has 2 atom stereocenters. The third-order valence-electron chi connectivity index (χ3n) is 4.83. The van der Waals surface area contributed by atoms with Crippen molar-refractivity contribution in [3.63, 3.8) is 0 Å². The van der Waals surface area contributed by atoms with Crippen LogP contribution in [-0.2, 0) is 17.6 Å². The number of hydrogen-bond acceptors (Lipinski definition) is 5. The van der Waals surface area contributed by atoms with E-state index in [9.17, 15) is 0 Å². The Bertz CT molecular complexity index is 903. The Morgan fingerprint density at radius 1 is 0.760 bits per heavy atom. The van der Waals surface area contributed by atoms with Crippen molar-refractivity contribution in [1.82, 2.24) is 0 Å². The number of rotatable bonds is 4. The van der Waals surface area contributed by atoms with Crippen LogP contribution in [0.3, 0.4) is 0 Å². The lowest BCUT2D eigenvalue weighted by atomic mass is 9.85. The second-order valence-corrected chi connectivity index (χ2v) is 6.45. The molecule has 0 aliphatic carbocycles. The highest BCUT2D eigenvalue weighted by Gasteiger charge is 2.29. The zero-order valence-corrected chi connectivity index (χ0v) is 13.6. The molecule has 0 N–H and O–H groups in total. The Kier molecular flexibility index (Phi) is 2.77. The summed E-state index contributed by atoms with van der Waals surface area (Å²) in [6.07, 6.45) is 1.01. The minimum absolute atomic E-state index is 0.0714. The molecule has 5 rings (SSSR count). The molecule has 1 saturated heterocycles. The highest BCUT2D eigenvalue weighted by Crippen LogP contribution is 2.37. The molecule has 0 bridgehead atoms. The average Bonchev–Trinajstić information content (AvgIpc) is 3.43. The number of benzene rings is 2. The fraction of sp³-hybridized carbons (Fsp3) is 0.400. The van der Waals surface area contributed by atoms with Gasteiger partial charge < -0.3 is 23.7 Å². The Morgan fingerprint density at radius 2 is 1.24 bits per heavy atom. The Hall–Kier alpha value is -2.40. The molecule has 0 radical (unpaired) electrons. The fourth-order valence-corrected chi connectivity index (χ4v) is 3.48. The molecule has 25 heavy (non-hydrogen) atoms. The van der Waals surface area contributed by atoms with Crippen molar-refractivity contribution >= 4 is 0 Å². The standard InChI is InChI=1S/C20H20O5/c1-3-17-19(24-11-22-17)7-13(1)5-15-9-21-10-16(15)6-14-2-4-18-20(8-14)25-12-23-18/h1-4,7-8,15-16H,5-6,9-12H2/i1D,2D,7D,8D. The smallest absolute Gasteiger partial charge is 0.231 e. The highest BCUT2D eigenvalue weighted by molar-refractivity contribution is 5.45. The average molecular weight is 344 g/mol. The summed E-state index contributed by atoms with van der Waals surface area (Å²) >= 11 is 0. The first kappa shape index (κ1) is 11.3. The Labute approximate surface area is 152 Å². The van der Waals surface area contributed by atoms with Crippen LogP contribution in [0.1, 0.15) is 16.6 Å². The lowest BCUT2D eigenvalue weighted by molar-refractivity contribution is 0.173. The molecule has 130 valence electrons. The van der Waals surface area contributed by atoms with E-state index in [1.807, 2.05) is 0 Å². The summed E-state index contributed by atoms with van der Waals surface area (Å²) in [7, 11) is 0. The molecule has 5 nitrogen and oxygen atoms in total. The summed E-state index contributed by atoms with van der Waals surface area (Å²) in [5.41, 5.74) is 1.22. The van der Waals surface area contributed by atoms with Crippen molar-refractivity contribution in [2.45, 2.75) is 12.8 Å². The minimum Gasteiger partial charge on any atom is -0.454 e. The Balaban J connectivity index is 1.40. The molecule has 3 aliphatic rings. The van der Waals surface area contributed by atoms with Gasteiger partial charge in [-0.15, -0.1) is 0 Å².